The number of carbonyl (C=O) groups is 1. The highest BCUT2D eigenvalue weighted by molar-refractivity contribution is 5.86. The summed E-state index contributed by atoms with van der Waals surface area (Å²) in [7, 11) is 0. The quantitative estimate of drug-likeness (QED) is 0.789. The van der Waals surface area contributed by atoms with Gasteiger partial charge in [0.05, 0.1) is 17.9 Å². The van der Waals surface area contributed by atoms with Crippen LogP contribution in [0.2, 0.25) is 0 Å². The molecule has 0 aliphatic heterocycles. The average Bonchev–Trinajstić information content (AvgIpc) is 2.87. The molecule has 0 fully saturated rings. The van der Waals surface area contributed by atoms with Crippen LogP contribution >= 0.6 is 0 Å². The van der Waals surface area contributed by atoms with Gasteiger partial charge in [0, 0.05) is 12.1 Å². The van der Waals surface area contributed by atoms with Crippen molar-refractivity contribution < 1.29 is 14.4 Å². The Morgan fingerprint density at radius 2 is 2.22 bits per heavy atom. The maximum atomic E-state index is 10.9. The molecule has 2 aromatic heterocycles. The fourth-order valence-corrected chi connectivity index (χ4v) is 1.71. The van der Waals surface area contributed by atoms with E-state index in [0.717, 1.165) is 11.3 Å². The van der Waals surface area contributed by atoms with E-state index in [4.69, 9.17) is 15.4 Å². The number of hydrogen-bond donors (Lipinski definition) is 2. The van der Waals surface area contributed by atoms with E-state index in [2.05, 4.69) is 15.5 Å². The lowest BCUT2D eigenvalue weighted by Gasteiger charge is -2.04. The van der Waals surface area contributed by atoms with Crippen molar-refractivity contribution in [1.82, 2.24) is 20.2 Å². The van der Waals surface area contributed by atoms with E-state index >= 15 is 0 Å². The summed E-state index contributed by atoms with van der Waals surface area (Å²) in [5, 5.41) is 20.2. The molecule has 3 N–H and O–H groups in total. The zero-order valence-corrected chi connectivity index (χ0v) is 10.0. The fourth-order valence-electron chi connectivity index (χ4n) is 1.71. The predicted octanol–water partition coefficient (Wildman–Crippen LogP) is 0.0881. The summed E-state index contributed by atoms with van der Waals surface area (Å²) in [5.74, 6) is -0.469. The highest BCUT2D eigenvalue weighted by Gasteiger charge is 2.19. The van der Waals surface area contributed by atoms with E-state index in [1.165, 1.54) is 4.68 Å². The van der Waals surface area contributed by atoms with Crippen LogP contribution in [0.5, 0.6) is 0 Å². The Balaban J connectivity index is 2.38. The number of aromatic nitrogens is 4. The Bertz CT molecular complexity index is 567. The van der Waals surface area contributed by atoms with Gasteiger partial charge in [0.2, 0.25) is 0 Å². The summed E-state index contributed by atoms with van der Waals surface area (Å²) in [4.78, 5) is 10.9. The zero-order valence-electron chi connectivity index (χ0n) is 10.0. The predicted molar refractivity (Wildman–Crippen MR) is 60.0 cm³/mol. The highest BCUT2D eigenvalue weighted by Crippen LogP contribution is 2.15. The van der Waals surface area contributed by atoms with Gasteiger partial charge in [-0.3, -0.25) is 0 Å². The molecule has 0 saturated carbocycles. The van der Waals surface area contributed by atoms with Gasteiger partial charge in [-0.15, -0.1) is 5.10 Å². The van der Waals surface area contributed by atoms with E-state index in [1.54, 1.807) is 6.92 Å². The molecule has 96 valence electrons. The molecule has 8 heteroatoms. The van der Waals surface area contributed by atoms with Gasteiger partial charge in [-0.25, -0.2) is 9.48 Å². The molecule has 0 bridgehead atoms. The second kappa shape index (κ2) is 4.57. The maximum absolute atomic E-state index is 10.9. The molecule has 8 nitrogen and oxygen atoms in total. The molecule has 0 aliphatic rings. The third-order valence-corrected chi connectivity index (χ3v) is 2.72. The second-order valence-electron chi connectivity index (χ2n) is 3.85. The van der Waals surface area contributed by atoms with E-state index < -0.39 is 5.97 Å². The third-order valence-electron chi connectivity index (χ3n) is 2.72. The minimum atomic E-state index is -1.14. The number of nitrogens with two attached hydrogens (primary N) is 1. The number of aromatic carboxylic acids is 1. The molecule has 2 rings (SSSR count). The van der Waals surface area contributed by atoms with Gasteiger partial charge >= 0.3 is 5.97 Å². The van der Waals surface area contributed by atoms with Crippen molar-refractivity contribution in [2.24, 2.45) is 5.73 Å². The first-order chi connectivity index (χ1) is 8.54. The van der Waals surface area contributed by atoms with Gasteiger partial charge in [0.25, 0.3) is 0 Å². The van der Waals surface area contributed by atoms with Gasteiger partial charge in [0.1, 0.15) is 5.76 Å². The van der Waals surface area contributed by atoms with Crippen LogP contribution in [0.3, 0.4) is 0 Å². The Labute approximate surface area is 102 Å². The zero-order chi connectivity index (χ0) is 13.3. The largest absolute Gasteiger partial charge is 0.476 e. The molecule has 0 atom stereocenters. The molecule has 0 spiro atoms. The molecule has 18 heavy (non-hydrogen) atoms. The number of hydrogen-bond acceptors (Lipinski definition) is 6. The third kappa shape index (κ3) is 1.97. The number of aryl methyl sites for hydroxylation is 2. The van der Waals surface area contributed by atoms with Crippen LogP contribution in [0.1, 0.15) is 33.2 Å². The molecule has 2 heterocycles. The van der Waals surface area contributed by atoms with E-state index in [9.17, 15) is 4.79 Å². The first-order valence-corrected chi connectivity index (χ1v) is 5.32. The van der Waals surface area contributed by atoms with Crippen LogP contribution in [-0.4, -0.2) is 31.2 Å². The molecule has 0 amide bonds. The average molecular weight is 251 g/mol. The lowest BCUT2D eigenvalue weighted by atomic mass is 10.2. The number of carboxylic acid groups (broad SMARTS) is 1. The summed E-state index contributed by atoms with van der Waals surface area (Å²) in [5.41, 5.74) is 7.38. The van der Waals surface area contributed by atoms with E-state index in [0.29, 0.717) is 18.0 Å². The summed E-state index contributed by atoms with van der Waals surface area (Å²) in [6.45, 7) is 3.99. The highest BCUT2D eigenvalue weighted by atomic mass is 16.5. The van der Waals surface area contributed by atoms with Crippen LogP contribution in [0.4, 0.5) is 0 Å². The van der Waals surface area contributed by atoms with Crippen molar-refractivity contribution in [2.75, 3.05) is 0 Å². The number of nitrogens with zero attached hydrogens (tertiary/aromatic N) is 4. The van der Waals surface area contributed by atoms with Crippen molar-refractivity contribution in [2.45, 2.75) is 26.9 Å². The first-order valence-electron chi connectivity index (χ1n) is 5.32. The van der Waals surface area contributed by atoms with Crippen LogP contribution in [0.15, 0.2) is 4.52 Å². The van der Waals surface area contributed by atoms with Crippen molar-refractivity contribution in [3.8, 4) is 0 Å². The molecule has 0 aromatic carbocycles. The van der Waals surface area contributed by atoms with Gasteiger partial charge in [-0.1, -0.05) is 10.4 Å². The van der Waals surface area contributed by atoms with Crippen LogP contribution in [0.25, 0.3) is 0 Å². The smallest absolute Gasteiger partial charge is 0.358 e. The molecule has 0 saturated heterocycles. The van der Waals surface area contributed by atoms with Crippen LogP contribution in [0, 0.1) is 13.8 Å². The lowest BCUT2D eigenvalue weighted by Crippen LogP contribution is -2.13. The van der Waals surface area contributed by atoms with Gasteiger partial charge in [0.15, 0.2) is 5.69 Å². The van der Waals surface area contributed by atoms with Crippen LogP contribution in [-0.2, 0) is 13.1 Å². The summed E-state index contributed by atoms with van der Waals surface area (Å²) >= 11 is 0. The maximum Gasteiger partial charge on any atom is 0.358 e. The Hall–Kier alpha value is -2.22. The Kier molecular flexibility index (Phi) is 3.11. The molecular formula is C10H13N5O3. The van der Waals surface area contributed by atoms with E-state index in [1.807, 2.05) is 6.92 Å². The molecular weight excluding hydrogens is 238 g/mol. The molecule has 2 aromatic rings. The number of carboxylic acids is 1. The second-order valence-corrected chi connectivity index (χ2v) is 3.85. The summed E-state index contributed by atoms with van der Waals surface area (Å²) in [6.07, 6.45) is 0. The van der Waals surface area contributed by atoms with Gasteiger partial charge in [-0.2, -0.15) is 0 Å². The number of rotatable bonds is 4. The van der Waals surface area contributed by atoms with Crippen LogP contribution < -0.4 is 5.73 Å². The lowest BCUT2D eigenvalue weighted by molar-refractivity contribution is 0.0689. The molecule has 0 radical (unpaired) electrons. The normalized spacial score (nSPS) is 10.8. The minimum Gasteiger partial charge on any atom is -0.476 e. The Morgan fingerprint density at radius 1 is 1.50 bits per heavy atom. The van der Waals surface area contributed by atoms with Gasteiger partial charge < -0.3 is 15.4 Å². The first kappa shape index (κ1) is 12.2. The monoisotopic (exact) mass is 251 g/mol. The summed E-state index contributed by atoms with van der Waals surface area (Å²) in [6, 6.07) is 0. The SMILES string of the molecule is Cc1noc(C)c1Cn1nnc(C(=O)O)c1CN. The van der Waals surface area contributed by atoms with Crippen molar-refractivity contribution in [1.29, 1.82) is 0 Å². The molecule has 0 aliphatic carbocycles. The molecule has 0 unspecified atom stereocenters. The van der Waals surface area contributed by atoms with E-state index in [-0.39, 0.29) is 12.2 Å². The summed E-state index contributed by atoms with van der Waals surface area (Å²) < 4.78 is 6.49. The minimum absolute atomic E-state index is 0.0536. The topological polar surface area (TPSA) is 120 Å². The fraction of sp³-hybridized carbons (Fsp3) is 0.400. The van der Waals surface area contributed by atoms with Crippen molar-refractivity contribution in [3.63, 3.8) is 0 Å². The standard InChI is InChI=1S/C10H13N5O3/c1-5-7(6(2)18-13-5)4-15-8(3-11)9(10(16)17)12-14-15/h3-4,11H2,1-2H3,(H,16,17). The van der Waals surface area contributed by atoms with Crippen molar-refractivity contribution >= 4 is 5.97 Å². The van der Waals surface area contributed by atoms with Crippen molar-refractivity contribution in [3.05, 3.63) is 28.4 Å². The Morgan fingerprint density at radius 3 is 2.72 bits per heavy atom. The van der Waals surface area contributed by atoms with Gasteiger partial charge in [-0.05, 0) is 13.8 Å².